The minimum atomic E-state index is -0.428. The van der Waals surface area contributed by atoms with Crippen molar-refractivity contribution in [2.75, 3.05) is 25.0 Å². The van der Waals surface area contributed by atoms with Crippen LogP contribution < -0.4 is 5.32 Å². The number of rotatable bonds is 5. The van der Waals surface area contributed by atoms with Gasteiger partial charge < -0.3 is 15.0 Å². The minimum Gasteiger partial charge on any atom is -0.376 e. The van der Waals surface area contributed by atoms with Gasteiger partial charge in [-0.1, -0.05) is 0 Å². The number of nitrogens with zero attached hydrogens (tertiary/aromatic N) is 4. The number of ether oxygens (including phenoxy) is 1. The van der Waals surface area contributed by atoms with Crippen LogP contribution in [0.2, 0.25) is 0 Å². The Labute approximate surface area is 161 Å². The molecule has 0 unspecified atom stereocenters. The number of carbonyl (C=O) groups is 2. The molecule has 2 amide bonds. The molecule has 4 rings (SSSR count). The van der Waals surface area contributed by atoms with Crippen molar-refractivity contribution in [3.05, 3.63) is 48.4 Å². The number of aromatic nitrogens is 3. The number of halogens is 1. The van der Waals surface area contributed by atoms with Crippen LogP contribution in [0.3, 0.4) is 0 Å². The number of likely N-dealkylation sites (tertiary alicyclic amines) is 1. The summed E-state index contributed by atoms with van der Waals surface area (Å²) in [5.74, 6) is -0.0584. The van der Waals surface area contributed by atoms with Crippen LogP contribution in [0, 0.1) is 17.7 Å². The molecule has 2 aromatic heterocycles. The van der Waals surface area contributed by atoms with Crippen LogP contribution in [0.4, 0.5) is 10.2 Å². The van der Waals surface area contributed by atoms with Gasteiger partial charge in [0.2, 0.25) is 11.8 Å². The van der Waals surface area contributed by atoms with Gasteiger partial charge in [-0.05, 0) is 18.1 Å². The molecule has 2 aliphatic heterocycles. The van der Waals surface area contributed by atoms with Crippen molar-refractivity contribution in [2.24, 2.45) is 11.8 Å². The summed E-state index contributed by atoms with van der Waals surface area (Å²) in [6, 6.07) is 2.81. The summed E-state index contributed by atoms with van der Waals surface area (Å²) in [6.07, 6.45) is 6.02. The van der Waals surface area contributed by atoms with Gasteiger partial charge in [0.1, 0.15) is 5.82 Å². The molecule has 0 radical (unpaired) electrons. The van der Waals surface area contributed by atoms with Gasteiger partial charge in [0.05, 0.1) is 31.5 Å². The summed E-state index contributed by atoms with van der Waals surface area (Å²) in [7, 11) is 0. The molecule has 2 saturated heterocycles. The zero-order valence-corrected chi connectivity index (χ0v) is 15.1. The molecule has 0 aromatic carbocycles. The topological polar surface area (TPSA) is 97.3 Å². The zero-order valence-electron chi connectivity index (χ0n) is 15.1. The number of fused-ring (bicyclic) bond motifs is 1. The molecule has 28 heavy (non-hydrogen) atoms. The number of hydrogen-bond donors (Lipinski definition) is 1. The Hall–Kier alpha value is -2.94. The van der Waals surface area contributed by atoms with E-state index in [0.717, 1.165) is 6.20 Å². The van der Waals surface area contributed by atoms with Crippen LogP contribution in [0.25, 0.3) is 0 Å². The number of carbonyl (C=O) groups excluding carboxylic acids is 2. The van der Waals surface area contributed by atoms with Crippen LogP contribution in [0.1, 0.15) is 12.1 Å². The smallest absolute Gasteiger partial charge is 0.228 e. The predicted molar refractivity (Wildman–Crippen MR) is 96.5 cm³/mol. The summed E-state index contributed by atoms with van der Waals surface area (Å²) < 4.78 is 18.8. The summed E-state index contributed by atoms with van der Waals surface area (Å²) >= 11 is 0. The van der Waals surface area contributed by atoms with Gasteiger partial charge in [-0.15, -0.1) is 0 Å². The van der Waals surface area contributed by atoms with Crippen molar-refractivity contribution in [3.63, 3.8) is 0 Å². The highest BCUT2D eigenvalue weighted by Crippen LogP contribution is 2.35. The molecule has 9 heteroatoms. The Bertz CT molecular complexity index is 848. The molecule has 1 N–H and O–H groups in total. The lowest BCUT2D eigenvalue weighted by molar-refractivity contribution is -0.130. The molecule has 3 atom stereocenters. The van der Waals surface area contributed by atoms with Crippen LogP contribution in [-0.2, 0) is 20.7 Å². The number of hydrogen-bond acceptors (Lipinski definition) is 6. The number of amides is 2. The summed E-state index contributed by atoms with van der Waals surface area (Å²) in [6.45, 7) is 1.56. The molecule has 146 valence electrons. The Morgan fingerprint density at radius 2 is 2.11 bits per heavy atom. The highest BCUT2D eigenvalue weighted by Gasteiger charge is 2.45. The number of nitrogens with one attached hydrogen (secondary N) is 1. The van der Waals surface area contributed by atoms with Crippen molar-refractivity contribution >= 4 is 17.6 Å². The molecule has 4 heterocycles. The average molecular weight is 385 g/mol. The normalized spacial score (nSPS) is 23.5. The van der Waals surface area contributed by atoms with Gasteiger partial charge in [0.25, 0.3) is 0 Å². The first-order valence-corrected chi connectivity index (χ1v) is 9.14. The van der Waals surface area contributed by atoms with Crippen molar-refractivity contribution in [3.8, 4) is 0 Å². The quantitative estimate of drug-likeness (QED) is 0.827. The van der Waals surface area contributed by atoms with E-state index in [1.165, 1.54) is 30.7 Å². The molecule has 8 nitrogen and oxygen atoms in total. The first-order valence-electron chi connectivity index (χ1n) is 9.14. The summed E-state index contributed by atoms with van der Waals surface area (Å²) in [5, 5.41) is 2.73. The van der Waals surface area contributed by atoms with Gasteiger partial charge in [-0.25, -0.2) is 9.37 Å². The molecular formula is C19H20FN5O3. The third kappa shape index (κ3) is 4.14. The summed E-state index contributed by atoms with van der Waals surface area (Å²) in [4.78, 5) is 38.5. The second-order valence-electron chi connectivity index (χ2n) is 7.08. The second-order valence-corrected chi connectivity index (χ2v) is 7.08. The van der Waals surface area contributed by atoms with E-state index < -0.39 is 5.82 Å². The molecule has 2 aromatic rings. The molecule has 2 fully saturated rings. The molecule has 0 aliphatic carbocycles. The highest BCUT2D eigenvalue weighted by atomic mass is 19.1. The molecule has 2 aliphatic rings. The van der Waals surface area contributed by atoms with Crippen LogP contribution in [0.15, 0.2) is 36.9 Å². The number of anilines is 1. The van der Waals surface area contributed by atoms with Crippen LogP contribution >= 0.6 is 0 Å². The standard InChI is InChI=1S/C19H20FN5O3/c20-13-1-2-14(23-7-13)6-19(27)25-9-15-12(11-28-16(15)10-25)5-18(26)24-17-8-21-3-4-22-17/h1-4,7-8,12,15-16H,5-6,9-11H2,(H,22,24,26)/t12-,15-,16-/m1/s1. The highest BCUT2D eigenvalue weighted by molar-refractivity contribution is 5.89. The average Bonchev–Trinajstić information content (AvgIpc) is 3.26. The molecule has 0 saturated carbocycles. The fourth-order valence-electron chi connectivity index (χ4n) is 3.79. The Morgan fingerprint density at radius 1 is 1.21 bits per heavy atom. The second kappa shape index (κ2) is 7.97. The maximum absolute atomic E-state index is 13.0. The van der Waals surface area contributed by atoms with Gasteiger partial charge in [-0.2, -0.15) is 0 Å². The maximum atomic E-state index is 13.0. The molecule has 0 spiro atoms. The van der Waals surface area contributed by atoms with E-state index in [-0.39, 0.29) is 36.2 Å². The predicted octanol–water partition coefficient (Wildman–Crippen LogP) is 1.06. The first kappa shape index (κ1) is 18.4. The maximum Gasteiger partial charge on any atom is 0.228 e. The third-order valence-corrected chi connectivity index (χ3v) is 5.19. The fourth-order valence-corrected chi connectivity index (χ4v) is 3.79. The van der Waals surface area contributed by atoms with E-state index in [1.54, 1.807) is 4.90 Å². The molecular weight excluding hydrogens is 365 g/mol. The largest absolute Gasteiger partial charge is 0.376 e. The zero-order chi connectivity index (χ0) is 19.5. The van der Waals surface area contributed by atoms with Gasteiger partial charge >= 0.3 is 0 Å². The lowest BCUT2D eigenvalue weighted by Gasteiger charge is -2.19. The van der Waals surface area contributed by atoms with E-state index in [9.17, 15) is 14.0 Å². The van der Waals surface area contributed by atoms with E-state index in [0.29, 0.717) is 37.6 Å². The monoisotopic (exact) mass is 385 g/mol. The fraction of sp³-hybridized carbons (Fsp3) is 0.421. The summed E-state index contributed by atoms with van der Waals surface area (Å²) in [5.41, 5.74) is 0.532. The number of pyridine rings is 1. The van der Waals surface area contributed by atoms with Crippen LogP contribution in [0.5, 0.6) is 0 Å². The van der Waals surface area contributed by atoms with Gasteiger partial charge in [-0.3, -0.25) is 19.6 Å². The third-order valence-electron chi connectivity index (χ3n) is 5.19. The Kier molecular flexibility index (Phi) is 5.25. The van der Waals surface area contributed by atoms with Gasteiger partial charge in [0, 0.05) is 43.5 Å². The van der Waals surface area contributed by atoms with E-state index in [2.05, 4.69) is 20.3 Å². The van der Waals surface area contributed by atoms with Crippen molar-refractivity contribution in [1.82, 2.24) is 19.9 Å². The lowest BCUT2D eigenvalue weighted by atomic mass is 9.90. The van der Waals surface area contributed by atoms with Crippen molar-refractivity contribution < 1.29 is 18.7 Å². The van der Waals surface area contributed by atoms with Crippen LogP contribution in [-0.4, -0.2) is 57.5 Å². The SMILES string of the molecule is O=C(C[C@@H]1CO[C@@H]2CN(C(=O)Cc3ccc(F)cn3)C[C@H]12)Nc1cnccn1. The molecule has 0 bridgehead atoms. The van der Waals surface area contributed by atoms with E-state index in [1.807, 2.05) is 0 Å². The Morgan fingerprint density at radius 3 is 2.86 bits per heavy atom. The van der Waals surface area contributed by atoms with Gasteiger partial charge in [0.15, 0.2) is 5.82 Å². The minimum absolute atomic E-state index is 0.0448. The van der Waals surface area contributed by atoms with E-state index >= 15 is 0 Å². The lowest BCUT2D eigenvalue weighted by Crippen LogP contribution is -2.33. The van der Waals surface area contributed by atoms with Crippen molar-refractivity contribution in [1.29, 1.82) is 0 Å². The first-order chi connectivity index (χ1) is 13.6. The Balaban J connectivity index is 1.31. The van der Waals surface area contributed by atoms with E-state index in [4.69, 9.17) is 4.74 Å². The van der Waals surface area contributed by atoms with Crippen molar-refractivity contribution in [2.45, 2.75) is 18.9 Å².